The van der Waals surface area contributed by atoms with E-state index in [2.05, 4.69) is 10.1 Å². The van der Waals surface area contributed by atoms with Gasteiger partial charge in [0.1, 0.15) is 5.82 Å². The zero-order valence-electron chi connectivity index (χ0n) is 11.3. The molecule has 0 amide bonds. The monoisotopic (exact) mass is 267 g/mol. The molecule has 4 heteroatoms. The molecule has 3 nitrogen and oxygen atoms in total. The van der Waals surface area contributed by atoms with Gasteiger partial charge in [0.15, 0.2) is 0 Å². The molecule has 0 saturated carbocycles. The molecule has 100 valence electrons. The standard InChI is InChI=1S/C16H14FN3/c1-11-10-12(5-6-14(11)17)16-13(4-3-8-18-16)15-7-9-19-20(15)2/h3-10H,1-2H3. The minimum absolute atomic E-state index is 0.202. The molecule has 0 bridgehead atoms. The van der Waals surface area contributed by atoms with Gasteiger partial charge in [0.2, 0.25) is 0 Å². The maximum absolute atomic E-state index is 13.4. The van der Waals surface area contributed by atoms with Gasteiger partial charge in [-0.15, -0.1) is 0 Å². The van der Waals surface area contributed by atoms with Gasteiger partial charge in [-0.3, -0.25) is 9.67 Å². The van der Waals surface area contributed by atoms with E-state index >= 15 is 0 Å². The van der Waals surface area contributed by atoms with Crippen LogP contribution >= 0.6 is 0 Å². The summed E-state index contributed by atoms with van der Waals surface area (Å²) in [4.78, 5) is 4.45. The van der Waals surface area contributed by atoms with Crippen LogP contribution in [0.1, 0.15) is 5.56 Å². The van der Waals surface area contributed by atoms with Gasteiger partial charge in [0.05, 0.1) is 11.4 Å². The average molecular weight is 267 g/mol. The van der Waals surface area contributed by atoms with Gasteiger partial charge >= 0.3 is 0 Å². The second-order valence-electron chi connectivity index (χ2n) is 4.70. The normalized spacial score (nSPS) is 10.8. The molecular formula is C16H14FN3. The summed E-state index contributed by atoms with van der Waals surface area (Å²) in [6.07, 6.45) is 3.50. The molecule has 20 heavy (non-hydrogen) atoms. The highest BCUT2D eigenvalue weighted by Gasteiger charge is 2.12. The molecule has 0 N–H and O–H groups in total. The Labute approximate surface area is 116 Å². The quantitative estimate of drug-likeness (QED) is 0.710. The Balaban J connectivity index is 2.20. The van der Waals surface area contributed by atoms with E-state index in [1.165, 1.54) is 6.07 Å². The third kappa shape index (κ3) is 2.09. The molecule has 0 spiro atoms. The topological polar surface area (TPSA) is 30.7 Å². The lowest BCUT2D eigenvalue weighted by atomic mass is 10.0. The van der Waals surface area contributed by atoms with Crippen LogP contribution in [0.4, 0.5) is 4.39 Å². The van der Waals surface area contributed by atoms with Crippen molar-refractivity contribution in [3.63, 3.8) is 0 Å². The molecule has 2 heterocycles. The summed E-state index contributed by atoms with van der Waals surface area (Å²) in [6.45, 7) is 1.76. The Kier molecular flexibility index (Phi) is 3.06. The number of aromatic nitrogens is 3. The summed E-state index contributed by atoms with van der Waals surface area (Å²) < 4.78 is 15.2. The van der Waals surface area contributed by atoms with Gasteiger partial charge in [-0.1, -0.05) is 0 Å². The van der Waals surface area contributed by atoms with Gasteiger partial charge < -0.3 is 0 Å². The summed E-state index contributed by atoms with van der Waals surface area (Å²) in [7, 11) is 1.89. The van der Waals surface area contributed by atoms with Crippen LogP contribution in [-0.2, 0) is 7.05 Å². The Morgan fingerprint density at radius 3 is 2.65 bits per heavy atom. The van der Waals surface area contributed by atoms with E-state index in [1.807, 2.05) is 31.3 Å². The van der Waals surface area contributed by atoms with Crippen LogP contribution < -0.4 is 0 Å². The molecule has 0 aliphatic carbocycles. The SMILES string of the molecule is Cc1cc(-c2ncccc2-c2ccnn2C)ccc1F. The molecule has 0 aliphatic rings. The molecule has 1 aromatic carbocycles. The molecule has 0 saturated heterocycles. The van der Waals surface area contributed by atoms with E-state index in [-0.39, 0.29) is 5.82 Å². The molecular weight excluding hydrogens is 253 g/mol. The van der Waals surface area contributed by atoms with Crippen LogP contribution in [0.3, 0.4) is 0 Å². The maximum Gasteiger partial charge on any atom is 0.126 e. The Bertz CT molecular complexity index is 762. The molecule has 3 aromatic rings. The Hall–Kier alpha value is -2.49. The highest BCUT2D eigenvalue weighted by atomic mass is 19.1. The van der Waals surface area contributed by atoms with E-state index < -0.39 is 0 Å². The number of hydrogen-bond acceptors (Lipinski definition) is 2. The molecule has 0 unspecified atom stereocenters. The highest BCUT2D eigenvalue weighted by Crippen LogP contribution is 2.30. The van der Waals surface area contributed by atoms with Crippen molar-refractivity contribution in [2.45, 2.75) is 6.92 Å². The van der Waals surface area contributed by atoms with Crippen molar-refractivity contribution in [3.8, 4) is 22.5 Å². The lowest BCUT2D eigenvalue weighted by molar-refractivity contribution is 0.619. The number of aryl methyl sites for hydroxylation is 2. The molecule has 0 fully saturated rings. The summed E-state index contributed by atoms with van der Waals surface area (Å²) >= 11 is 0. The first-order valence-corrected chi connectivity index (χ1v) is 6.37. The van der Waals surface area contributed by atoms with Gasteiger partial charge in [-0.2, -0.15) is 5.10 Å². The van der Waals surface area contributed by atoms with Crippen molar-refractivity contribution in [1.82, 2.24) is 14.8 Å². The first-order valence-electron chi connectivity index (χ1n) is 6.37. The van der Waals surface area contributed by atoms with Crippen LogP contribution in [-0.4, -0.2) is 14.8 Å². The van der Waals surface area contributed by atoms with Gasteiger partial charge in [-0.05, 0) is 48.9 Å². The second-order valence-corrected chi connectivity index (χ2v) is 4.70. The van der Waals surface area contributed by atoms with Gasteiger partial charge in [-0.25, -0.2) is 4.39 Å². The maximum atomic E-state index is 13.4. The molecule has 0 atom stereocenters. The fourth-order valence-electron chi connectivity index (χ4n) is 2.27. The third-order valence-corrected chi connectivity index (χ3v) is 3.34. The molecule has 2 aromatic heterocycles. The van der Waals surface area contributed by atoms with E-state index in [0.717, 1.165) is 22.5 Å². The minimum atomic E-state index is -0.202. The minimum Gasteiger partial charge on any atom is -0.268 e. The second kappa shape index (κ2) is 4.89. The van der Waals surface area contributed by atoms with Crippen LogP contribution in [0.5, 0.6) is 0 Å². The fourth-order valence-corrected chi connectivity index (χ4v) is 2.27. The van der Waals surface area contributed by atoms with Crippen LogP contribution in [0.2, 0.25) is 0 Å². The first-order chi connectivity index (χ1) is 9.66. The van der Waals surface area contributed by atoms with E-state index in [0.29, 0.717) is 5.56 Å². The number of benzene rings is 1. The lowest BCUT2D eigenvalue weighted by Gasteiger charge is -2.10. The van der Waals surface area contributed by atoms with Crippen molar-refractivity contribution in [1.29, 1.82) is 0 Å². The predicted molar refractivity (Wildman–Crippen MR) is 76.6 cm³/mol. The highest BCUT2D eigenvalue weighted by molar-refractivity contribution is 5.79. The number of halogens is 1. The van der Waals surface area contributed by atoms with E-state index in [1.54, 1.807) is 30.1 Å². The number of rotatable bonds is 2. The van der Waals surface area contributed by atoms with E-state index in [9.17, 15) is 4.39 Å². The summed E-state index contributed by atoms with van der Waals surface area (Å²) in [5.41, 5.74) is 4.32. The van der Waals surface area contributed by atoms with E-state index in [4.69, 9.17) is 0 Å². The van der Waals surface area contributed by atoms with Crippen LogP contribution in [0, 0.1) is 12.7 Å². The largest absolute Gasteiger partial charge is 0.268 e. The lowest BCUT2D eigenvalue weighted by Crippen LogP contribution is -1.97. The Morgan fingerprint density at radius 1 is 1.10 bits per heavy atom. The fraction of sp³-hybridized carbons (Fsp3) is 0.125. The molecule has 0 radical (unpaired) electrons. The van der Waals surface area contributed by atoms with Crippen molar-refractivity contribution in [2.24, 2.45) is 7.05 Å². The van der Waals surface area contributed by atoms with Crippen molar-refractivity contribution in [3.05, 3.63) is 60.2 Å². The molecule has 0 aliphatic heterocycles. The summed E-state index contributed by atoms with van der Waals surface area (Å²) in [6, 6.07) is 10.9. The third-order valence-electron chi connectivity index (χ3n) is 3.34. The van der Waals surface area contributed by atoms with Gasteiger partial charge in [0, 0.05) is 30.6 Å². The summed E-state index contributed by atoms with van der Waals surface area (Å²) in [5.74, 6) is -0.202. The number of nitrogens with zero attached hydrogens (tertiary/aromatic N) is 3. The van der Waals surface area contributed by atoms with Crippen LogP contribution in [0.15, 0.2) is 48.8 Å². The van der Waals surface area contributed by atoms with Crippen LogP contribution in [0.25, 0.3) is 22.5 Å². The number of pyridine rings is 1. The van der Waals surface area contributed by atoms with Crippen molar-refractivity contribution < 1.29 is 4.39 Å². The first kappa shape index (κ1) is 12.5. The zero-order valence-corrected chi connectivity index (χ0v) is 11.3. The van der Waals surface area contributed by atoms with Crippen molar-refractivity contribution in [2.75, 3.05) is 0 Å². The summed E-state index contributed by atoms with van der Waals surface area (Å²) in [5, 5.41) is 4.19. The smallest absolute Gasteiger partial charge is 0.126 e. The van der Waals surface area contributed by atoms with Gasteiger partial charge in [0.25, 0.3) is 0 Å². The molecule has 3 rings (SSSR count). The number of hydrogen-bond donors (Lipinski definition) is 0. The Morgan fingerprint density at radius 2 is 1.95 bits per heavy atom. The predicted octanol–water partition coefficient (Wildman–Crippen LogP) is 3.60. The van der Waals surface area contributed by atoms with Crippen molar-refractivity contribution >= 4 is 0 Å². The zero-order chi connectivity index (χ0) is 14.1. The average Bonchev–Trinajstić information content (AvgIpc) is 2.88.